The highest BCUT2D eigenvalue weighted by Gasteiger charge is 2.30. The van der Waals surface area contributed by atoms with E-state index in [2.05, 4.69) is 51.0 Å². The van der Waals surface area contributed by atoms with Crippen LogP contribution in [0.15, 0.2) is 44.5 Å². The number of aromatic nitrogens is 6. The predicted molar refractivity (Wildman–Crippen MR) is 141 cm³/mol. The molecule has 2 atom stereocenters. The first-order valence-electron chi connectivity index (χ1n) is 12.1. The number of furan rings is 1. The maximum absolute atomic E-state index is 13.7. The number of halogens is 1. The van der Waals surface area contributed by atoms with Crippen LogP contribution in [0.1, 0.15) is 37.8 Å². The van der Waals surface area contributed by atoms with Crippen molar-refractivity contribution in [1.29, 1.82) is 0 Å². The molecule has 0 spiro atoms. The lowest BCUT2D eigenvalue weighted by molar-refractivity contribution is -0.00709. The molecule has 10 heteroatoms. The Labute approximate surface area is 215 Å². The predicted octanol–water partition coefficient (Wildman–Crippen LogP) is 5.14. The summed E-state index contributed by atoms with van der Waals surface area (Å²) in [5, 5.41) is 9.52. The van der Waals surface area contributed by atoms with Crippen molar-refractivity contribution in [2.75, 3.05) is 6.61 Å². The SMILES string of the molecule is CC[C@H]1C[C@@H](n2c(=O)nc(-c3cnn(C)c3)c3oc4c(Br)c(C)c(-c5cnn(C)c5)cc4c32)CCO1. The van der Waals surface area contributed by atoms with Crippen LogP contribution in [0.25, 0.3) is 44.5 Å². The summed E-state index contributed by atoms with van der Waals surface area (Å²) in [6.07, 6.45) is 9.91. The Balaban J connectivity index is 1.71. The fourth-order valence-corrected chi connectivity index (χ4v) is 5.79. The fourth-order valence-electron chi connectivity index (χ4n) is 5.29. The van der Waals surface area contributed by atoms with Gasteiger partial charge in [0, 0.05) is 55.7 Å². The molecule has 5 aromatic rings. The zero-order valence-electron chi connectivity index (χ0n) is 20.7. The molecule has 0 radical (unpaired) electrons. The van der Waals surface area contributed by atoms with Crippen LogP contribution < -0.4 is 5.69 Å². The van der Waals surface area contributed by atoms with Crippen LogP contribution in [0.4, 0.5) is 0 Å². The number of benzene rings is 1. The van der Waals surface area contributed by atoms with Crippen molar-refractivity contribution < 1.29 is 9.15 Å². The van der Waals surface area contributed by atoms with Crippen LogP contribution in [-0.4, -0.2) is 41.8 Å². The Morgan fingerprint density at radius 2 is 1.83 bits per heavy atom. The summed E-state index contributed by atoms with van der Waals surface area (Å²) in [6.45, 7) is 4.78. The average Bonchev–Trinajstić information content (AvgIpc) is 3.59. The molecule has 4 aromatic heterocycles. The first-order chi connectivity index (χ1) is 17.4. The molecule has 0 N–H and O–H groups in total. The van der Waals surface area contributed by atoms with E-state index in [0.29, 0.717) is 23.5 Å². The number of hydrogen-bond acceptors (Lipinski definition) is 6. The van der Waals surface area contributed by atoms with Gasteiger partial charge in [0.2, 0.25) is 0 Å². The van der Waals surface area contributed by atoms with E-state index in [1.807, 2.05) is 37.3 Å². The van der Waals surface area contributed by atoms with Gasteiger partial charge in [-0.1, -0.05) is 6.92 Å². The standard InChI is InChI=1S/C26H27BrN6O3/c1-5-18-8-17(6-7-35-18)33-23-20-9-19(15-10-28-31(3)12-15)14(2)21(27)24(20)36-25(23)22(30-26(33)34)16-11-29-32(4)13-16/h9-13,17-18H,5-8H2,1-4H3/t17-,18-/m0/s1. The van der Waals surface area contributed by atoms with Gasteiger partial charge >= 0.3 is 5.69 Å². The van der Waals surface area contributed by atoms with Crippen LogP contribution in [0.5, 0.6) is 0 Å². The molecular formula is C26H27BrN6O3. The minimum atomic E-state index is -0.287. The number of hydrogen-bond donors (Lipinski definition) is 0. The van der Waals surface area contributed by atoms with E-state index in [0.717, 1.165) is 56.9 Å². The topological polar surface area (TPSA) is 92.9 Å². The third kappa shape index (κ3) is 3.62. The maximum Gasteiger partial charge on any atom is 0.349 e. The Kier molecular flexibility index (Phi) is 5.60. The van der Waals surface area contributed by atoms with Crippen molar-refractivity contribution in [2.45, 2.75) is 45.3 Å². The summed E-state index contributed by atoms with van der Waals surface area (Å²) in [5.74, 6) is 0. The highest BCUT2D eigenvalue weighted by molar-refractivity contribution is 9.10. The lowest BCUT2D eigenvalue weighted by Crippen LogP contribution is -2.34. The van der Waals surface area contributed by atoms with Crippen molar-refractivity contribution in [2.24, 2.45) is 14.1 Å². The molecule has 36 heavy (non-hydrogen) atoms. The third-order valence-corrected chi connectivity index (χ3v) is 8.12. The third-order valence-electron chi connectivity index (χ3n) is 7.16. The molecule has 0 amide bonds. The van der Waals surface area contributed by atoms with E-state index in [9.17, 15) is 4.79 Å². The van der Waals surface area contributed by atoms with E-state index in [1.165, 1.54) is 0 Å². The van der Waals surface area contributed by atoms with Crippen LogP contribution in [0.3, 0.4) is 0 Å². The molecule has 0 bridgehead atoms. The van der Waals surface area contributed by atoms with Crippen molar-refractivity contribution in [3.8, 4) is 22.4 Å². The molecule has 9 nitrogen and oxygen atoms in total. The summed E-state index contributed by atoms with van der Waals surface area (Å²) in [4.78, 5) is 18.2. The van der Waals surface area contributed by atoms with Crippen molar-refractivity contribution in [3.05, 3.63) is 51.4 Å². The van der Waals surface area contributed by atoms with Crippen LogP contribution in [0, 0.1) is 6.92 Å². The first-order valence-corrected chi connectivity index (χ1v) is 12.9. The summed E-state index contributed by atoms with van der Waals surface area (Å²) >= 11 is 3.79. The second kappa shape index (κ2) is 8.70. The Morgan fingerprint density at radius 3 is 2.50 bits per heavy atom. The molecule has 1 fully saturated rings. The second-order valence-electron chi connectivity index (χ2n) is 9.52. The highest BCUT2D eigenvalue weighted by atomic mass is 79.9. The minimum absolute atomic E-state index is 0.0307. The molecule has 1 aromatic carbocycles. The lowest BCUT2D eigenvalue weighted by Gasteiger charge is -2.30. The van der Waals surface area contributed by atoms with Gasteiger partial charge in [-0.25, -0.2) is 4.79 Å². The molecule has 5 heterocycles. The number of aryl methyl sites for hydroxylation is 2. The molecule has 0 unspecified atom stereocenters. The van der Waals surface area contributed by atoms with E-state index >= 15 is 0 Å². The molecule has 1 aliphatic heterocycles. The zero-order chi connectivity index (χ0) is 25.1. The van der Waals surface area contributed by atoms with Gasteiger partial charge in [-0.3, -0.25) is 13.9 Å². The summed E-state index contributed by atoms with van der Waals surface area (Å²) in [7, 11) is 3.74. The molecule has 6 rings (SSSR count). The van der Waals surface area contributed by atoms with Crippen LogP contribution in [0.2, 0.25) is 0 Å². The van der Waals surface area contributed by atoms with Gasteiger partial charge in [0.25, 0.3) is 0 Å². The number of rotatable bonds is 4. The number of fused-ring (bicyclic) bond motifs is 3. The monoisotopic (exact) mass is 550 g/mol. The van der Waals surface area contributed by atoms with Gasteiger partial charge in [0.05, 0.1) is 23.0 Å². The van der Waals surface area contributed by atoms with Gasteiger partial charge < -0.3 is 9.15 Å². The molecular weight excluding hydrogens is 524 g/mol. The van der Waals surface area contributed by atoms with E-state index < -0.39 is 0 Å². The van der Waals surface area contributed by atoms with Gasteiger partial charge in [-0.2, -0.15) is 15.2 Å². The largest absolute Gasteiger partial charge is 0.451 e. The van der Waals surface area contributed by atoms with E-state index in [4.69, 9.17) is 9.15 Å². The van der Waals surface area contributed by atoms with Crippen molar-refractivity contribution >= 4 is 38.0 Å². The lowest BCUT2D eigenvalue weighted by atomic mass is 9.99. The summed E-state index contributed by atoms with van der Waals surface area (Å²) in [5.41, 5.74) is 6.06. The maximum atomic E-state index is 13.7. The molecule has 1 aliphatic rings. The minimum Gasteiger partial charge on any atom is -0.451 e. The van der Waals surface area contributed by atoms with E-state index in [1.54, 1.807) is 15.6 Å². The Morgan fingerprint density at radius 1 is 1.11 bits per heavy atom. The van der Waals surface area contributed by atoms with Gasteiger partial charge in [0.15, 0.2) is 11.2 Å². The number of nitrogens with zero attached hydrogens (tertiary/aromatic N) is 6. The average molecular weight is 551 g/mol. The number of ether oxygens (including phenoxy) is 1. The summed E-state index contributed by atoms with van der Waals surface area (Å²) in [6, 6.07) is 2.08. The quantitative estimate of drug-likeness (QED) is 0.307. The highest BCUT2D eigenvalue weighted by Crippen LogP contribution is 2.43. The van der Waals surface area contributed by atoms with Gasteiger partial charge in [-0.15, -0.1) is 0 Å². The van der Waals surface area contributed by atoms with Crippen molar-refractivity contribution in [3.63, 3.8) is 0 Å². The first kappa shape index (κ1) is 23.2. The molecule has 0 saturated carbocycles. The van der Waals surface area contributed by atoms with Crippen LogP contribution >= 0.6 is 15.9 Å². The van der Waals surface area contributed by atoms with Crippen LogP contribution in [-0.2, 0) is 18.8 Å². The van der Waals surface area contributed by atoms with E-state index in [-0.39, 0.29) is 17.8 Å². The molecule has 1 saturated heterocycles. The molecule has 186 valence electrons. The fraction of sp³-hybridized carbons (Fsp3) is 0.385. The normalized spacial score (nSPS) is 18.5. The Bertz CT molecular complexity index is 1680. The zero-order valence-corrected chi connectivity index (χ0v) is 22.2. The van der Waals surface area contributed by atoms with Gasteiger partial charge in [0.1, 0.15) is 11.2 Å². The Hall–Kier alpha value is -3.24. The second-order valence-corrected chi connectivity index (χ2v) is 10.3. The summed E-state index contributed by atoms with van der Waals surface area (Å²) < 4.78 is 18.6. The smallest absolute Gasteiger partial charge is 0.349 e. The van der Waals surface area contributed by atoms with Crippen molar-refractivity contribution in [1.82, 2.24) is 29.1 Å². The molecule has 0 aliphatic carbocycles. The van der Waals surface area contributed by atoms with Gasteiger partial charge in [-0.05, 0) is 59.3 Å².